The third-order valence-electron chi connectivity index (χ3n) is 4.45. The van der Waals surface area contributed by atoms with Gasteiger partial charge in [-0.2, -0.15) is 5.26 Å². The van der Waals surface area contributed by atoms with E-state index in [4.69, 9.17) is 10.00 Å². The Balaban J connectivity index is 1.59. The van der Waals surface area contributed by atoms with Crippen molar-refractivity contribution in [2.75, 3.05) is 6.61 Å². The number of hydrogen-bond donors (Lipinski definition) is 0. The largest absolute Gasteiger partial charge is 0.492 e. The zero-order valence-corrected chi connectivity index (χ0v) is 16.1. The van der Waals surface area contributed by atoms with Crippen molar-refractivity contribution in [1.82, 2.24) is 4.98 Å². The van der Waals surface area contributed by atoms with Crippen molar-refractivity contribution in [3.8, 4) is 34.2 Å². The van der Waals surface area contributed by atoms with Crippen LogP contribution in [0.2, 0.25) is 0 Å². The molecule has 0 radical (unpaired) electrons. The summed E-state index contributed by atoms with van der Waals surface area (Å²) in [4.78, 5) is 4.53. The topological polar surface area (TPSA) is 45.9 Å². The third-order valence-corrected chi connectivity index (χ3v) is 4.45. The Kier molecular flexibility index (Phi) is 6.98. The van der Waals surface area contributed by atoms with Gasteiger partial charge in [-0.05, 0) is 54.7 Å². The van der Waals surface area contributed by atoms with Gasteiger partial charge >= 0.3 is 0 Å². The lowest BCUT2D eigenvalue weighted by Gasteiger charge is -2.07. The van der Waals surface area contributed by atoms with Gasteiger partial charge in [0.2, 0.25) is 0 Å². The van der Waals surface area contributed by atoms with E-state index >= 15 is 0 Å². The molecular weight excluding hydrogens is 344 g/mol. The molecule has 3 nitrogen and oxygen atoms in total. The van der Waals surface area contributed by atoms with Crippen LogP contribution in [0, 0.1) is 11.3 Å². The normalized spacial score (nSPS) is 10.7. The highest BCUT2D eigenvalue weighted by molar-refractivity contribution is 5.69. The molecule has 0 fully saturated rings. The van der Waals surface area contributed by atoms with E-state index in [1.54, 1.807) is 6.20 Å². The fraction of sp³-hybridized carbons (Fsp3) is 0.200. The molecule has 28 heavy (non-hydrogen) atoms. The summed E-state index contributed by atoms with van der Waals surface area (Å²) >= 11 is 0. The first-order valence-electron chi connectivity index (χ1n) is 9.65. The molecule has 0 atom stereocenters. The smallest absolute Gasteiger partial charge is 0.137 e. The van der Waals surface area contributed by atoms with E-state index < -0.39 is 0 Å². The van der Waals surface area contributed by atoms with E-state index in [9.17, 15) is 0 Å². The average molecular weight is 368 g/mol. The maximum Gasteiger partial charge on any atom is 0.137 e. The van der Waals surface area contributed by atoms with Crippen LogP contribution in [0.3, 0.4) is 0 Å². The molecule has 0 saturated heterocycles. The molecule has 2 aromatic carbocycles. The summed E-state index contributed by atoms with van der Waals surface area (Å²) in [5.41, 5.74) is 4.86. The van der Waals surface area contributed by atoms with Gasteiger partial charge in [0.1, 0.15) is 5.75 Å². The monoisotopic (exact) mass is 368 g/mol. The highest BCUT2D eigenvalue weighted by Crippen LogP contribution is 2.25. The summed E-state index contributed by atoms with van der Waals surface area (Å²) in [6.07, 6.45) is 9.31. The molecule has 140 valence electrons. The molecule has 1 heterocycles. The Labute approximate surface area is 167 Å². The maximum absolute atomic E-state index is 8.90. The number of nitriles is 1. The second-order valence-corrected chi connectivity index (χ2v) is 6.52. The molecule has 0 unspecified atom stereocenters. The number of rotatable bonds is 8. The van der Waals surface area contributed by atoms with Gasteiger partial charge in [-0.25, -0.2) is 0 Å². The minimum Gasteiger partial charge on any atom is -0.492 e. The van der Waals surface area contributed by atoms with Crippen molar-refractivity contribution < 1.29 is 4.74 Å². The highest BCUT2D eigenvalue weighted by Gasteiger charge is 2.03. The van der Waals surface area contributed by atoms with Crippen LogP contribution in [0.1, 0.15) is 31.7 Å². The van der Waals surface area contributed by atoms with Crippen LogP contribution in [0.25, 0.3) is 22.4 Å². The molecule has 3 aromatic rings. The van der Waals surface area contributed by atoms with Crippen molar-refractivity contribution in [1.29, 1.82) is 5.26 Å². The quantitative estimate of drug-likeness (QED) is 0.341. The first kappa shape index (κ1) is 19.4. The van der Waals surface area contributed by atoms with Crippen molar-refractivity contribution in [3.63, 3.8) is 0 Å². The minimum atomic E-state index is 0.671. The van der Waals surface area contributed by atoms with Gasteiger partial charge in [0, 0.05) is 5.56 Å². The summed E-state index contributed by atoms with van der Waals surface area (Å²) < 4.78 is 5.75. The van der Waals surface area contributed by atoms with Gasteiger partial charge in [-0.3, -0.25) is 4.98 Å². The van der Waals surface area contributed by atoms with Crippen molar-refractivity contribution in [2.24, 2.45) is 0 Å². The van der Waals surface area contributed by atoms with Gasteiger partial charge < -0.3 is 4.74 Å². The molecule has 0 aliphatic carbocycles. The second kappa shape index (κ2) is 10.1. The third kappa shape index (κ3) is 5.31. The number of allylic oxidation sites excluding steroid dienone is 2. The fourth-order valence-corrected chi connectivity index (χ4v) is 2.88. The molecule has 3 heteroatoms. The predicted octanol–water partition coefficient (Wildman–Crippen LogP) is 6.41. The van der Waals surface area contributed by atoms with E-state index in [2.05, 4.69) is 54.4 Å². The fourth-order valence-electron chi connectivity index (χ4n) is 2.88. The number of aromatic nitrogens is 1. The minimum absolute atomic E-state index is 0.671. The Morgan fingerprint density at radius 1 is 0.893 bits per heavy atom. The Hall–Kier alpha value is -3.38. The second-order valence-electron chi connectivity index (χ2n) is 6.52. The molecule has 3 rings (SSSR count). The molecule has 0 bridgehead atoms. The molecular formula is C25H24N2O. The number of unbranched alkanes of at least 4 members (excludes halogenated alkanes) is 1. The summed E-state index contributed by atoms with van der Waals surface area (Å²) in [6, 6.07) is 22.0. The van der Waals surface area contributed by atoms with Gasteiger partial charge in [-0.1, -0.05) is 55.5 Å². The van der Waals surface area contributed by atoms with Gasteiger partial charge in [0.25, 0.3) is 0 Å². The van der Waals surface area contributed by atoms with E-state index in [1.165, 1.54) is 0 Å². The number of nitrogens with zero attached hydrogens (tertiary/aromatic N) is 2. The first-order valence-corrected chi connectivity index (χ1v) is 9.65. The van der Waals surface area contributed by atoms with Crippen molar-refractivity contribution in [3.05, 3.63) is 84.6 Å². The summed E-state index contributed by atoms with van der Waals surface area (Å²) in [5.74, 6) is 0.803. The number of ether oxygens (including phenoxy) is 1. The van der Waals surface area contributed by atoms with Crippen molar-refractivity contribution >= 4 is 0 Å². The summed E-state index contributed by atoms with van der Waals surface area (Å²) in [6.45, 7) is 2.84. The lowest BCUT2D eigenvalue weighted by molar-refractivity contribution is 0.311. The zero-order valence-electron chi connectivity index (χ0n) is 16.1. The molecule has 0 amide bonds. The molecule has 0 aliphatic rings. The van der Waals surface area contributed by atoms with Crippen LogP contribution in [0.15, 0.2) is 79.0 Å². The van der Waals surface area contributed by atoms with Gasteiger partial charge in [-0.15, -0.1) is 0 Å². The number of hydrogen-bond acceptors (Lipinski definition) is 3. The van der Waals surface area contributed by atoms with Gasteiger partial charge in [0.15, 0.2) is 0 Å². The lowest BCUT2D eigenvalue weighted by Crippen LogP contribution is -1.97. The molecule has 1 aromatic heterocycles. The number of pyridine rings is 1. The number of benzene rings is 2. The van der Waals surface area contributed by atoms with E-state index in [0.29, 0.717) is 12.2 Å². The maximum atomic E-state index is 8.90. The standard InChI is InChI=1S/C25H24N2O/c1-2-3-4-5-6-17-28-24-15-16-25(27-19-24)23-13-11-22(12-14-23)21-9-7-20(18-26)8-10-21/h3-4,7-16,19H,2,5-6,17H2,1H3/b4-3+. The van der Waals surface area contributed by atoms with E-state index in [-0.39, 0.29) is 0 Å². The van der Waals surface area contributed by atoms with Crippen LogP contribution in [-0.4, -0.2) is 11.6 Å². The van der Waals surface area contributed by atoms with Crippen LogP contribution < -0.4 is 4.74 Å². The molecule has 0 N–H and O–H groups in total. The summed E-state index contributed by atoms with van der Waals surface area (Å²) in [7, 11) is 0. The SMILES string of the molecule is CC/C=C/CCCOc1ccc(-c2ccc(-c3ccc(C#N)cc3)cc2)nc1. The van der Waals surface area contributed by atoms with E-state index in [0.717, 1.165) is 47.4 Å². The molecule has 0 aliphatic heterocycles. The van der Waals surface area contributed by atoms with Crippen LogP contribution in [-0.2, 0) is 0 Å². The first-order chi connectivity index (χ1) is 13.8. The molecule has 0 saturated carbocycles. The Bertz CT molecular complexity index is 934. The zero-order chi connectivity index (χ0) is 19.6. The molecule has 0 spiro atoms. The average Bonchev–Trinajstić information content (AvgIpc) is 2.77. The van der Waals surface area contributed by atoms with Crippen LogP contribution >= 0.6 is 0 Å². The predicted molar refractivity (Wildman–Crippen MR) is 114 cm³/mol. The van der Waals surface area contributed by atoms with Crippen LogP contribution in [0.5, 0.6) is 5.75 Å². The Morgan fingerprint density at radius 2 is 1.57 bits per heavy atom. The van der Waals surface area contributed by atoms with Crippen LogP contribution in [0.4, 0.5) is 0 Å². The lowest BCUT2D eigenvalue weighted by atomic mass is 10.0. The highest BCUT2D eigenvalue weighted by atomic mass is 16.5. The Morgan fingerprint density at radius 3 is 2.18 bits per heavy atom. The summed E-state index contributed by atoms with van der Waals surface area (Å²) in [5, 5.41) is 8.90. The van der Waals surface area contributed by atoms with Crippen molar-refractivity contribution in [2.45, 2.75) is 26.2 Å². The van der Waals surface area contributed by atoms with Gasteiger partial charge in [0.05, 0.1) is 30.1 Å². The van der Waals surface area contributed by atoms with E-state index in [1.807, 2.05) is 36.4 Å².